The van der Waals surface area contributed by atoms with Gasteiger partial charge in [-0.05, 0) is 49.1 Å². The van der Waals surface area contributed by atoms with Crippen LogP contribution in [0.4, 0.5) is 5.69 Å². The molecule has 8 heteroatoms. The van der Waals surface area contributed by atoms with E-state index in [0.29, 0.717) is 26.6 Å². The van der Waals surface area contributed by atoms with Crippen LogP contribution in [0.25, 0.3) is 5.65 Å². The number of aromatic nitrogens is 4. The van der Waals surface area contributed by atoms with Crippen molar-refractivity contribution in [3.63, 3.8) is 0 Å². The Bertz CT molecular complexity index is 1020. The van der Waals surface area contributed by atoms with Crippen molar-refractivity contribution in [3.8, 4) is 0 Å². The van der Waals surface area contributed by atoms with Gasteiger partial charge in [-0.3, -0.25) is 0 Å². The summed E-state index contributed by atoms with van der Waals surface area (Å²) >= 11 is 19.3. The van der Waals surface area contributed by atoms with Gasteiger partial charge in [0.05, 0.1) is 21.9 Å². The van der Waals surface area contributed by atoms with Gasteiger partial charge in [-0.2, -0.15) is 9.61 Å². The Morgan fingerprint density at radius 3 is 2.50 bits per heavy atom. The van der Waals surface area contributed by atoms with Crippen LogP contribution in [-0.4, -0.2) is 32.9 Å². The molecule has 0 atom stereocenters. The number of piperidine rings is 1. The molecule has 3 aromatic rings. The zero-order valence-corrected chi connectivity index (χ0v) is 17.6. The van der Waals surface area contributed by atoms with Crippen molar-refractivity contribution in [2.45, 2.75) is 38.0 Å². The summed E-state index contributed by atoms with van der Waals surface area (Å²) in [5.41, 5.74) is 2.71. The summed E-state index contributed by atoms with van der Waals surface area (Å²) in [6.07, 6.45) is 7.29. The van der Waals surface area contributed by atoms with E-state index in [4.69, 9.17) is 34.8 Å². The summed E-state index contributed by atoms with van der Waals surface area (Å²) in [5, 5.41) is 15.1. The fourth-order valence-corrected chi connectivity index (χ4v) is 4.80. The second-order valence-corrected chi connectivity index (χ2v) is 8.91. The molecule has 1 aromatic carbocycles. The fourth-order valence-electron chi connectivity index (χ4n) is 4.05. The quantitative estimate of drug-likeness (QED) is 0.548. The third kappa shape index (κ3) is 3.34. The van der Waals surface area contributed by atoms with Crippen LogP contribution in [0.2, 0.25) is 15.1 Å². The van der Waals surface area contributed by atoms with Crippen LogP contribution in [0.5, 0.6) is 0 Å². The number of fused-ring (bicyclic) bond motifs is 1. The van der Waals surface area contributed by atoms with Gasteiger partial charge in [-0.1, -0.05) is 46.9 Å². The Morgan fingerprint density at radius 2 is 1.75 bits per heavy atom. The van der Waals surface area contributed by atoms with E-state index in [1.54, 1.807) is 4.52 Å². The number of hydrogen-bond donors (Lipinski definition) is 0. The Morgan fingerprint density at radius 1 is 0.964 bits per heavy atom. The third-order valence-corrected chi connectivity index (χ3v) is 7.04. The van der Waals surface area contributed by atoms with E-state index in [2.05, 4.69) is 26.3 Å². The molecule has 2 fully saturated rings. The number of hydrogen-bond acceptors (Lipinski definition) is 4. The van der Waals surface area contributed by atoms with Crippen molar-refractivity contribution in [1.29, 1.82) is 0 Å². The zero-order valence-electron chi connectivity index (χ0n) is 15.3. The Balaban J connectivity index is 1.35. The highest BCUT2D eigenvalue weighted by Gasteiger charge is 2.27. The molecule has 3 heterocycles. The van der Waals surface area contributed by atoms with Crippen molar-refractivity contribution in [3.05, 3.63) is 50.9 Å². The molecule has 1 aliphatic heterocycles. The molecular weight excluding hydrogens is 417 g/mol. The summed E-state index contributed by atoms with van der Waals surface area (Å²) in [4.78, 5) is 2.28. The Kier molecular flexibility index (Phi) is 4.85. The molecule has 2 aliphatic rings. The van der Waals surface area contributed by atoms with E-state index in [9.17, 15) is 0 Å². The number of halogens is 3. The molecule has 1 saturated carbocycles. The van der Waals surface area contributed by atoms with Crippen LogP contribution < -0.4 is 4.90 Å². The third-order valence-electron chi connectivity index (χ3n) is 5.85. The van der Waals surface area contributed by atoms with E-state index in [0.717, 1.165) is 55.3 Å². The van der Waals surface area contributed by atoms with Gasteiger partial charge in [0.15, 0.2) is 11.5 Å². The van der Waals surface area contributed by atoms with Crippen LogP contribution >= 0.6 is 34.8 Å². The van der Waals surface area contributed by atoms with Gasteiger partial charge in [0.1, 0.15) is 5.02 Å². The lowest BCUT2D eigenvalue weighted by atomic mass is 9.89. The predicted octanol–water partition coefficient (Wildman–Crippen LogP) is 5.42. The largest absolute Gasteiger partial charge is 0.369 e. The SMILES string of the molecule is Clc1cccc(C2CCN(c3cnn4c(CC5CC5)nnc4c3Cl)CC2)c1Cl. The summed E-state index contributed by atoms with van der Waals surface area (Å²) in [5.74, 6) is 2.03. The van der Waals surface area contributed by atoms with Crippen molar-refractivity contribution in [2.24, 2.45) is 5.92 Å². The monoisotopic (exact) mass is 435 g/mol. The highest BCUT2D eigenvalue weighted by Crippen LogP contribution is 2.39. The molecule has 1 saturated heterocycles. The molecule has 0 bridgehead atoms. The van der Waals surface area contributed by atoms with Gasteiger partial charge in [0.2, 0.25) is 0 Å². The minimum atomic E-state index is 0.399. The van der Waals surface area contributed by atoms with Crippen LogP contribution in [0.15, 0.2) is 24.4 Å². The number of nitrogens with zero attached hydrogens (tertiary/aromatic N) is 5. The fraction of sp³-hybridized carbons (Fsp3) is 0.450. The van der Waals surface area contributed by atoms with Gasteiger partial charge in [-0.15, -0.1) is 10.2 Å². The highest BCUT2D eigenvalue weighted by atomic mass is 35.5. The van der Waals surface area contributed by atoms with E-state index < -0.39 is 0 Å². The number of anilines is 1. The average molecular weight is 437 g/mol. The molecule has 1 aliphatic carbocycles. The molecule has 0 amide bonds. The number of benzene rings is 1. The van der Waals surface area contributed by atoms with E-state index >= 15 is 0 Å². The van der Waals surface area contributed by atoms with E-state index in [-0.39, 0.29) is 0 Å². The van der Waals surface area contributed by atoms with Crippen molar-refractivity contribution in [2.75, 3.05) is 18.0 Å². The molecule has 0 unspecified atom stereocenters. The van der Waals surface area contributed by atoms with E-state index in [1.165, 1.54) is 12.8 Å². The first-order valence-electron chi connectivity index (χ1n) is 9.69. The van der Waals surface area contributed by atoms with Crippen LogP contribution in [-0.2, 0) is 6.42 Å². The lowest BCUT2D eigenvalue weighted by Gasteiger charge is -2.34. The van der Waals surface area contributed by atoms with Crippen LogP contribution in [0.3, 0.4) is 0 Å². The second-order valence-electron chi connectivity index (χ2n) is 7.75. The van der Waals surface area contributed by atoms with Gasteiger partial charge in [0.25, 0.3) is 0 Å². The van der Waals surface area contributed by atoms with Gasteiger partial charge >= 0.3 is 0 Å². The molecular formula is C20H20Cl3N5. The zero-order chi connectivity index (χ0) is 19.3. The van der Waals surface area contributed by atoms with Gasteiger partial charge in [-0.25, -0.2) is 0 Å². The lowest BCUT2D eigenvalue weighted by molar-refractivity contribution is 0.505. The molecule has 0 spiro atoms. The van der Waals surface area contributed by atoms with Crippen LogP contribution in [0.1, 0.15) is 43.0 Å². The molecule has 5 rings (SSSR count). The maximum Gasteiger partial charge on any atom is 0.198 e. The normalized spacial score (nSPS) is 18.2. The maximum atomic E-state index is 6.70. The number of rotatable bonds is 4. The first kappa shape index (κ1) is 18.5. The Hall–Kier alpha value is -1.56. The summed E-state index contributed by atoms with van der Waals surface area (Å²) in [7, 11) is 0. The van der Waals surface area contributed by atoms with Crippen molar-refractivity contribution in [1.82, 2.24) is 19.8 Å². The van der Waals surface area contributed by atoms with Crippen LogP contribution in [0, 0.1) is 5.92 Å². The standard InChI is InChI=1S/C20H20Cl3N5/c21-15-3-1-2-14(18(15)22)13-6-8-27(9-7-13)16-11-24-28-17(10-12-4-5-12)25-26-20(28)19(16)23/h1-3,11-13H,4-10H2. The maximum absolute atomic E-state index is 6.70. The topological polar surface area (TPSA) is 46.3 Å². The minimum absolute atomic E-state index is 0.399. The summed E-state index contributed by atoms with van der Waals surface area (Å²) in [6, 6.07) is 5.88. The van der Waals surface area contributed by atoms with Gasteiger partial charge < -0.3 is 4.90 Å². The Labute approximate surface area is 178 Å². The van der Waals surface area contributed by atoms with Crippen molar-refractivity contribution < 1.29 is 0 Å². The van der Waals surface area contributed by atoms with Gasteiger partial charge in [0, 0.05) is 19.5 Å². The average Bonchev–Trinajstić information content (AvgIpc) is 3.43. The predicted molar refractivity (Wildman–Crippen MR) is 113 cm³/mol. The first-order chi connectivity index (χ1) is 13.6. The lowest BCUT2D eigenvalue weighted by Crippen LogP contribution is -2.33. The van der Waals surface area contributed by atoms with Crippen molar-refractivity contribution >= 4 is 46.1 Å². The molecule has 146 valence electrons. The highest BCUT2D eigenvalue weighted by molar-refractivity contribution is 6.42. The molecule has 5 nitrogen and oxygen atoms in total. The molecule has 28 heavy (non-hydrogen) atoms. The minimum Gasteiger partial charge on any atom is -0.369 e. The molecule has 0 N–H and O–H groups in total. The van der Waals surface area contributed by atoms with E-state index in [1.807, 2.05) is 18.3 Å². The summed E-state index contributed by atoms with van der Waals surface area (Å²) in [6.45, 7) is 1.77. The summed E-state index contributed by atoms with van der Waals surface area (Å²) < 4.78 is 1.79. The smallest absolute Gasteiger partial charge is 0.198 e. The molecule has 0 radical (unpaired) electrons. The second kappa shape index (κ2) is 7.36. The first-order valence-corrected chi connectivity index (χ1v) is 10.8. The molecule has 2 aromatic heterocycles.